The summed E-state index contributed by atoms with van der Waals surface area (Å²) in [6.45, 7) is 0.00287. The molecule has 64 valence electrons. The Balaban J connectivity index is 2.63. The fourth-order valence-corrected chi connectivity index (χ4v) is 0.656. The van der Waals surface area contributed by atoms with Gasteiger partial charge in [0.25, 0.3) is 0 Å². The second-order valence-corrected chi connectivity index (χ2v) is 2.11. The van der Waals surface area contributed by atoms with Gasteiger partial charge in [0.1, 0.15) is 0 Å². The summed E-state index contributed by atoms with van der Waals surface area (Å²) in [6.07, 6.45) is 2.93. The first-order valence-corrected chi connectivity index (χ1v) is 3.29. The van der Waals surface area contributed by atoms with Crippen molar-refractivity contribution in [3.63, 3.8) is 0 Å². The first-order chi connectivity index (χ1) is 5.70. The molecule has 0 aliphatic heterocycles. The molecule has 6 nitrogen and oxygen atoms in total. The molecule has 0 unspecified atom stereocenters. The molecular formula is C6H9N5O. The van der Waals surface area contributed by atoms with E-state index in [1.54, 1.807) is 0 Å². The van der Waals surface area contributed by atoms with Gasteiger partial charge in [-0.05, 0) is 0 Å². The van der Waals surface area contributed by atoms with Gasteiger partial charge < -0.3 is 16.8 Å². The number of primary amides is 1. The first-order valence-electron chi connectivity index (χ1n) is 3.29. The van der Waals surface area contributed by atoms with Crippen molar-refractivity contribution >= 4 is 17.5 Å². The molecule has 0 aliphatic rings. The number of hydrogen-bond acceptors (Lipinski definition) is 5. The van der Waals surface area contributed by atoms with E-state index in [2.05, 4.69) is 15.3 Å². The molecule has 1 rings (SSSR count). The summed E-state index contributed by atoms with van der Waals surface area (Å²) in [6, 6.07) is 0. The van der Waals surface area contributed by atoms with Crippen LogP contribution >= 0.6 is 0 Å². The van der Waals surface area contributed by atoms with Gasteiger partial charge in [-0.2, -0.15) is 0 Å². The topological polar surface area (TPSA) is 107 Å². The van der Waals surface area contributed by atoms with Crippen molar-refractivity contribution in [3.05, 3.63) is 12.4 Å². The molecule has 6 heteroatoms. The van der Waals surface area contributed by atoms with Crippen LogP contribution in [0.25, 0.3) is 0 Å². The van der Waals surface area contributed by atoms with Crippen molar-refractivity contribution in [2.45, 2.75) is 0 Å². The largest absolute Gasteiger partial charge is 0.381 e. The first kappa shape index (κ1) is 8.25. The van der Waals surface area contributed by atoms with Crippen LogP contribution in [0.3, 0.4) is 0 Å². The summed E-state index contributed by atoms with van der Waals surface area (Å²) in [5, 5.41) is 2.64. The summed E-state index contributed by atoms with van der Waals surface area (Å²) in [4.78, 5) is 18.0. The number of carbonyl (C=O) groups excluding carboxylic acids is 1. The van der Waals surface area contributed by atoms with Gasteiger partial charge in [-0.25, -0.2) is 9.97 Å². The van der Waals surface area contributed by atoms with E-state index >= 15 is 0 Å². The maximum Gasteiger partial charge on any atom is 0.236 e. The molecule has 0 saturated carbocycles. The molecule has 0 spiro atoms. The Kier molecular flexibility index (Phi) is 2.42. The van der Waals surface area contributed by atoms with Crippen LogP contribution in [-0.2, 0) is 4.79 Å². The second-order valence-electron chi connectivity index (χ2n) is 2.11. The number of nitrogens with two attached hydrogens (primary N) is 2. The van der Waals surface area contributed by atoms with Gasteiger partial charge in [0.05, 0.1) is 6.54 Å². The number of hydrogen-bond donors (Lipinski definition) is 3. The van der Waals surface area contributed by atoms with Gasteiger partial charge in [-0.3, -0.25) is 4.79 Å². The van der Waals surface area contributed by atoms with E-state index in [1.807, 2.05) is 0 Å². The molecule has 1 aromatic rings. The van der Waals surface area contributed by atoms with E-state index < -0.39 is 5.91 Å². The van der Waals surface area contributed by atoms with Gasteiger partial charge in [0, 0.05) is 12.4 Å². The fourth-order valence-electron chi connectivity index (χ4n) is 0.656. The van der Waals surface area contributed by atoms with Gasteiger partial charge >= 0.3 is 0 Å². The minimum atomic E-state index is -0.472. The quantitative estimate of drug-likeness (QED) is 0.532. The number of aromatic nitrogens is 2. The zero-order valence-electron chi connectivity index (χ0n) is 6.32. The molecule has 0 bridgehead atoms. The van der Waals surface area contributed by atoms with Crippen molar-refractivity contribution in [2.75, 3.05) is 17.6 Å². The molecule has 1 heterocycles. The van der Waals surface area contributed by atoms with Crippen molar-refractivity contribution < 1.29 is 4.79 Å². The Bertz CT molecular complexity index is 287. The third kappa shape index (κ3) is 2.08. The van der Waals surface area contributed by atoms with Crippen LogP contribution < -0.4 is 16.8 Å². The zero-order chi connectivity index (χ0) is 8.97. The van der Waals surface area contributed by atoms with Crippen molar-refractivity contribution in [3.8, 4) is 0 Å². The highest BCUT2D eigenvalue weighted by molar-refractivity contribution is 5.79. The molecule has 0 saturated heterocycles. The maximum absolute atomic E-state index is 10.4. The third-order valence-electron chi connectivity index (χ3n) is 1.16. The summed E-state index contributed by atoms with van der Waals surface area (Å²) in [5.74, 6) is 0.148. The van der Waals surface area contributed by atoms with E-state index in [9.17, 15) is 4.79 Å². The second kappa shape index (κ2) is 3.51. The van der Waals surface area contributed by atoms with Crippen molar-refractivity contribution in [1.29, 1.82) is 0 Å². The Morgan fingerprint density at radius 1 is 1.50 bits per heavy atom. The van der Waals surface area contributed by atoms with Crippen LogP contribution in [0.5, 0.6) is 0 Å². The summed E-state index contributed by atoms with van der Waals surface area (Å²) < 4.78 is 0. The van der Waals surface area contributed by atoms with Crippen LogP contribution in [0, 0.1) is 0 Å². The average molecular weight is 167 g/mol. The third-order valence-corrected chi connectivity index (χ3v) is 1.16. The van der Waals surface area contributed by atoms with Crippen molar-refractivity contribution in [2.24, 2.45) is 5.73 Å². The molecular weight excluding hydrogens is 158 g/mol. The van der Waals surface area contributed by atoms with Gasteiger partial charge in [0.15, 0.2) is 11.6 Å². The summed E-state index contributed by atoms with van der Waals surface area (Å²) in [5.41, 5.74) is 10.3. The van der Waals surface area contributed by atoms with Crippen molar-refractivity contribution in [1.82, 2.24) is 9.97 Å². The lowest BCUT2D eigenvalue weighted by Crippen LogP contribution is -2.22. The number of nitrogen functional groups attached to an aromatic ring is 1. The zero-order valence-corrected chi connectivity index (χ0v) is 6.32. The molecule has 0 radical (unpaired) electrons. The van der Waals surface area contributed by atoms with E-state index in [-0.39, 0.29) is 12.4 Å². The lowest BCUT2D eigenvalue weighted by molar-refractivity contribution is -0.116. The molecule has 0 atom stereocenters. The minimum Gasteiger partial charge on any atom is -0.381 e. The molecule has 1 aromatic heterocycles. The number of anilines is 2. The lowest BCUT2D eigenvalue weighted by atomic mass is 10.5. The van der Waals surface area contributed by atoms with Crippen LogP contribution in [0.15, 0.2) is 12.4 Å². The Morgan fingerprint density at radius 2 is 2.17 bits per heavy atom. The SMILES string of the molecule is NC(=O)CNc1nccnc1N. The lowest BCUT2D eigenvalue weighted by Gasteiger charge is -2.03. The minimum absolute atomic E-state index is 0.00287. The Labute approximate surface area is 69.0 Å². The number of nitrogens with zero attached hydrogens (tertiary/aromatic N) is 2. The number of nitrogens with one attached hydrogen (secondary N) is 1. The molecule has 12 heavy (non-hydrogen) atoms. The van der Waals surface area contributed by atoms with Crippen LogP contribution in [-0.4, -0.2) is 22.4 Å². The van der Waals surface area contributed by atoms with Crippen LogP contribution in [0.4, 0.5) is 11.6 Å². The highest BCUT2D eigenvalue weighted by atomic mass is 16.1. The Morgan fingerprint density at radius 3 is 2.75 bits per heavy atom. The van der Waals surface area contributed by atoms with Crippen LogP contribution in [0.2, 0.25) is 0 Å². The number of amides is 1. The van der Waals surface area contributed by atoms with Gasteiger partial charge in [-0.1, -0.05) is 0 Å². The standard InChI is InChI=1S/C6H9N5O/c7-4(12)3-11-6-5(8)9-1-2-10-6/h1-2H,3H2,(H2,7,12)(H2,8,9)(H,10,11). The highest BCUT2D eigenvalue weighted by Crippen LogP contribution is 2.07. The molecule has 5 N–H and O–H groups in total. The molecule has 0 fully saturated rings. The highest BCUT2D eigenvalue weighted by Gasteiger charge is 2.00. The predicted octanol–water partition coefficient (Wildman–Crippen LogP) is -1.04. The fraction of sp³-hybridized carbons (Fsp3) is 0.167. The number of rotatable bonds is 3. The molecule has 1 amide bonds. The normalized spacial score (nSPS) is 9.33. The van der Waals surface area contributed by atoms with E-state index in [0.717, 1.165) is 0 Å². The van der Waals surface area contributed by atoms with Crippen LogP contribution in [0.1, 0.15) is 0 Å². The smallest absolute Gasteiger partial charge is 0.236 e. The summed E-state index contributed by atoms with van der Waals surface area (Å²) >= 11 is 0. The molecule has 0 aromatic carbocycles. The Hall–Kier alpha value is -1.85. The molecule has 0 aliphatic carbocycles. The predicted molar refractivity (Wildman–Crippen MR) is 44.1 cm³/mol. The summed E-state index contributed by atoms with van der Waals surface area (Å²) in [7, 11) is 0. The van der Waals surface area contributed by atoms with Gasteiger partial charge in [-0.15, -0.1) is 0 Å². The van der Waals surface area contributed by atoms with Gasteiger partial charge in [0.2, 0.25) is 5.91 Å². The van der Waals surface area contributed by atoms with E-state index in [1.165, 1.54) is 12.4 Å². The van der Waals surface area contributed by atoms with E-state index in [0.29, 0.717) is 5.82 Å². The average Bonchev–Trinajstić information content (AvgIpc) is 2.03. The van der Waals surface area contributed by atoms with E-state index in [4.69, 9.17) is 11.5 Å². The number of carbonyl (C=O) groups is 1. The maximum atomic E-state index is 10.4. The monoisotopic (exact) mass is 167 g/mol.